The second-order valence-corrected chi connectivity index (χ2v) is 6.59. The van der Waals surface area contributed by atoms with Gasteiger partial charge in [-0.2, -0.15) is 0 Å². The Hall–Kier alpha value is -1.56. The zero-order valence-corrected chi connectivity index (χ0v) is 13.9. The van der Waals surface area contributed by atoms with Crippen molar-refractivity contribution in [2.75, 3.05) is 7.05 Å². The lowest BCUT2D eigenvalue weighted by molar-refractivity contribution is -0.144. The molecule has 1 aromatic heterocycles. The lowest BCUT2D eigenvalue weighted by atomic mass is 9.96. The molecule has 21 heavy (non-hydrogen) atoms. The second kappa shape index (κ2) is 7.45. The number of amides is 2. The normalized spacial score (nSPS) is 15.0. The van der Waals surface area contributed by atoms with E-state index in [1.165, 1.54) is 4.88 Å². The highest BCUT2D eigenvalue weighted by Crippen LogP contribution is 2.16. The number of nitrogens with zero attached hydrogens (tertiary/aromatic N) is 1. The summed E-state index contributed by atoms with van der Waals surface area (Å²) in [5, 5.41) is 14.0. The van der Waals surface area contributed by atoms with E-state index in [0.29, 0.717) is 12.8 Å². The summed E-state index contributed by atoms with van der Waals surface area (Å²) in [4.78, 5) is 26.4. The van der Waals surface area contributed by atoms with Crippen molar-refractivity contribution in [2.24, 2.45) is 0 Å². The second-order valence-electron chi connectivity index (χ2n) is 5.56. The van der Waals surface area contributed by atoms with Gasteiger partial charge in [-0.3, -0.25) is 0 Å². The predicted octanol–water partition coefficient (Wildman–Crippen LogP) is 2.96. The SMILES string of the molecule is CCCC(C)(NC(=O)N(C)C(C)Cc1cccs1)C(=O)O. The van der Waals surface area contributed by atoms with Gasteiger partial charge in [0.05, 0.1) is 0 Å². The first kappa shape index (κ1) is 17.5. The highest BCUT2D eigenvalue weighted by Gasteiger charge is 2.35. The highest BCUT2D eigenvalue weighted by molar-refractivity contribution is 7.09. The van der Waals surface area contributed by atoms with Gasteiger partial charge in [-0.15, -0.1) is 11.3 Å². The van der Waals surface area contributed by atoms with E-state index >= 15 is 0 Å². The fraction of sp³-hybridized carbons (Fsp3) is 0.600. The van der Waals surface area contributed by atoms with Crippen LogP contribution in [0.4, 0.5) is 4.79 Å². The molecule has 0 spiro atoms. The number of carbonyl (C=O) groups is 2. The molecular weight excluding hydrogens is 288 g/mol. The first-order chi connectivity index (χ1) is 9.80. The van der Waals surface area contributed by atoms with E-state index in [9.17, 15) is 14.7 Å². The van der Waals surface area contributed by atoms with Gasteiger partial charge in [0.2, 0.25) is 0 Å². The highest BCUT2D eigenvalue weighted by atomic mass is 32.1. The summed E-state index contributed by atoms with van der Waals surface area (Å²) in [5.41, 5.74) is -1.22. The maximum Gasteiger partial charge on any atom is 0.329 e. The predicted molar refractivity (Wildman–Crippen MR) is 84.7 cm³/mol. The van der Waals surface area contributed by atoms with Crippen molar-refractivity contribution in [3.8, 4) is 0 Å². The molecule has 0 aliphatic heterocycles. The van der Waals surface area contributed by atoms with Crippen molar-refractivity contribution in [3.63, 3.8) is 0 Å². The number of likely N-dealkylation sites (N-methyl/N-ethyl adjacent to an activating group) is 1. The average molecular weight is 312 g/mol. The number of rotatable bonds is 7. The third-order valence-corrected chi connectivity index (χ3v) is 4.56. The minimum atomic E-state index is -1.22. The molecule has 5 nitrogen and oxygen atoms in total. The molecule has 2 atom stereocenters. The zero-order chi connectivity index (χ0) is 16.0. The first-order valence-corrected chi connectivity index (χ1v) is 7.99. The molecular formula is C15H24N2O3S. The largest absolute Gasteiger partial charge is 0.480 e. The minimum absolute atomic E-state index is 0.00308. The molecule has 0 aliphatic carbocycles. The Labute approximate surface area is 130 Å². The maximum atomic E-state index is 12.3. The van der Waals surface area contributed by atoms with E-state index in [0.717, 1.165) is 6.42 Å². The van der Waals surface area contributed by atoms with Crippen molar-refractivity contribution in [1.82, 2.24) is 10.2 Å². The van der Waals surface area contributed by atoms with Crippen molar-refractivity contribution in [2.45, 2.75) is 51.6 Å². The Balaban J connectivity index is 2.66. The van der Waals surface area contributed by atoms with Crippen LogP contribution in [0.5, 0.6) is 0 Å². The van der Waals surface area contributed by atoms with Crippen LogP contribution in [0.1, 0.15) is 38.5 Å². The van der Waals surface area contributed by atoms with Gasteiger partial charge >= 0.3 is 12.0 Å². The molecule has 0 bridgehead atoms. The number of carboxylic acids is 1. The van der Waals surface area contributed by atoms with E-state index in [-0.39, 0.29) is 12.1 Å². The molecule has 118 valence electrons. The molecule has 0 aliphatic rings. The van der Waals surface area contributed by atoms with Crippen LogP contribution < -0.4 is 5.32 Å². The number of carboxylic acid groups (broad SMARTS) is 1. The third kappa shape index (κ3) is 4.74. The summed E-state index contributed by atoms with van der Waals surface area (Å²) in [6.07, 6.45) is 1.86. The van der Waals surface area contributed by atoms with Crippen LogP contribution in [0.2, 0.25) is 0 Å². The van der Waals surface area contributed by atoms with Gasteiger partial charge in [0.1, 0.15) is 5.54 Å². The van der Waals surface area contributed by atoms with Crippen molar-refractivity contribution >= 4 is 23.3 Å². The van der Waals surface area contributed by atoms with Crippen molar-refractivity contribution < 1.29 is 14.7 Å². The Morgan fingerprint density at radius 2 is 2.19 bits per heavy atom. The Morgan fingerprint density at radius 3 is 2.67 bits per heavy atom. The number of hydrogen-bond donors (Lipinski definition) is 2. The molecule has 0 saturated carbocycles. The van der Waals surface area contributed by atoms with Gasteiger partial charge in [0, 0.05) is 24.4 Å². The molecule has 0 fully saturated rings. The summed E-state index contributed by atoms with van der Waals surface area (Å²) in [7, 11) is 1.70. The molecule has 1 rings (SSSR count). The van der Waals surface area contributed by atoms with Crippen LogP contribution in [0.3, 0.4) is 0 Å². The van der Waals surface area contributed by atoms with Crippen molar-refractivity contribution in [3.05, 3.63) is 22.4 Å². The van der Waals surface area contributed by atoms with Crippen molar-refractivity contribution in [1.29, 1.82) is 0 Å². The maximum absolute atomic E-state index is 12.3. The monoisotopic (exact) mass is 312 g/mol. The van der Waals surface area contributed by atoms with Gasteiger partial charge in [-0.25, -0.2) is 9.59 Å². The smallest absolute Gasteiger partial charge is 0.329 e. The van der Waals surface area contributed by atoms with Crippen LogP contribution in [0.15, 0.2) is 17.5 Å². The molecule has 2 amide bonds. The zero-order valence-electron chi connectivity index (χ0n) is 13.0. The van der Waals surface area contributed by atoms with Gasteiger partial charge in [0.25, 0.3) is 0 Å². The number of nitrogens with one attached hydrogen (secondary N) is 1. The lowest BCUT2D eigenvalue weighted by Crippen LogP contribution is -2.56. The summed E-state index contributed by atoms with van der Waals surface area (Å²) >= 11 is 1.65. The fourth-order valence-corrected chi connectivity index (χ4v) is 2.93. The molecule has 1 heterocycles. The summed E-state index contributed by atoms with van der Waals surface area (Å²) in [6, 6.07) is 3.67. The molecule has 2 unspecified atom stereocenters. The third-order valence-electron chi connectivity index (χ3n) is 3.66. The number of hydrogen-bond acceptors (Lipinski definition) is 3. The van der Waals surface area contributed by atoms with Crippen LogP contribution in [-0.2, 0) is 11.2 Å². The molecule has 0 saturated heterocycles. The number of carbonyl (C=O) groups excluding carboxylic acids is 1. The fourth-order valence-electron chi connectivity index (χ4n) is 2.10. The number of aliphatic carboxylic acids is 1. The van der Waals surface area contributed by atoms with E-state index in [4.69, 9.17) is 0 Å². The number of thiophene rings is 1. The lowest BCUT2D eigenvalue weighted by Gasteiger charge is -2.31. The van der Waals surface area contributed by atoms with E-state index in [1.54, 1.807) is 30.2 Å². The van der Waals surface area contributed by atoms with Crippen LogP contribution in [0, 0.1) is 0 Å². The van der Waals surface area contributed by atoms with E-state index in [1.807, 2.05) is 31.4 Å². The Kier molecular flexibility index (Phi) is 6.20. The van der Waals surface area contributed by atoms with Crippen LogP contribution >= 0.6 is 11.3 Å². The summed E-state index contributed by atoms with van der Waals surface area (Å²) in [6.45, 7) is 5.40. The molecule has 2 N–H and O–H groups in total. The Morgan fingerprint density at radius 1 is 1.52 bits per heavy atom. The summed E-state index contributed by atoms with van der Waals surface area (Å²) in [5.74, 6) is -1.00. The quantitative estimate of drug-likeness (QED) is 0.813. The molecule has 6 heteroatoms. The number of urea groups is 1. The Bertz CT molecular complexity index is 475. The summed E-state index contributed by atoms with van der Waals surface area (Å²) < 4.78 is 0. The van der Waals surface area contributed by atoms with Gasteiger partial charge in [-0.1, -0.05) is 19.4 Å². The van der Waals surface area contributed by atoms with E-state index < -0.39 is 11.5 Å². The van der Waals surface area contributed by atoms with Crippen LogP contribution in [0.25, 0.3) is 0 Å². The molecule has 0 aromatic carbocycles. The average Bonchev–Trinajstić information content (AvgIpc) is 2.90. The minimum Gasteiger partial charge on any atom is -0.480 e. The van der Waals surface area contributed by atoms with Gasteiger partial charge < -0.3 is 15.3 Å². The van der Waals surface area contributed by atoms with E-state index in [2.05, 4.69) is 5.32 Å². The van der Waals surface area contributed by atoms with Crippen LogP contribution in [-0.4, -0.2) is 40.6 Å². The first-order valence-electron chi connectivity index (χ1n) is 7.11. The van der Waals surface area contributed by atoms with Gasteiger partial charge in [0.15, 0.2) is 0 Å². The molecule has 0 radical (unpaired) electrons. The standard InChI is InChI=1S/C15H24N2O3S/c1-5-8-15(3,13(18)19)16-14(20)17(4)11(2)10-12-7-6-9-21-12/h6-7,9,11H,5,8,10H2,1-4H3,(H,16,20)(H,18,19). The molecule has 1 aromatic rings. The van der Waals surface area contributed by atoms with Gasteiger partial charge in [-0.05, 0) is 31.7 Å². The topological polar surface area (TPSA) is 69.6 Å².